The van der Waals surface area contributed by atoms with Crippen LogP contribution in [0.1, 0.15) is 25.3 Å². The van der Waals surface area contributed by atoms with Crippen LogP contribution in [0.5, 0.6) is 0 Å². The molecule has 0 atom stereocenters. The molecule has 0 saturated heterocycles. The first kappa shape index (κ1) is 12.9. The highest BCUT2D eigenvalue weighted by molar-refractivity contribution is 5.89. The van der Waals surface area contributed by atoms with Gasteiger partial charge in [0.15, 0.2) is 0 Å². The number of hydrogen-bond donors (Lipinski definition) is 0. The van der Waals surface area contributed by atoms with Gasteiger partial charge in [0.1, 0.15) is 0 Å². The van der Waals surface area contributed by atoms with Crippen LogP contribution in [0.2, 0.25) is 0 Å². The Bertz CT molecular complexity index is 701. The van der Waals surface area contributed by atoms with Crippen molar-refractivity contribution < 1.29 is 0 Å². The fourth-order valence-corrected chi connectivity index (χ4v) is 2.68. The summed E-state index contributed by atoms with van der Waals surface area (Å²) in [5, 5.41) is 2.58. The van der Waals surface area contributed by atoms with Crippen molar-refractivity contribution in [1.29, 1.82) is 0 Å². The van der Waals surface area contributed by atoms with Crippen molar-refractivity contribution in [3.05, 3.63) is 66.4 Å². The molecule has 100 valence electrons. The van der Waals surface area contributed by atoms with Crippen molar-refractivity contribution in [3.8, 4) is 11.3 Å². The van der Waals surface area contributed by atoms with Crippen molar-refractivity contribution in [2.45, 2.75) is 26.2 Å². The number of benzene rings is 2. The first-order chi connectivity index (χ1) is 9.90. The van der Waals surface area contributed by atoms with Gasteiger partial charge in [-0.2, -0.15) is 0 Å². The SMILES string of the molecule is CCCCc1c(-c2ccccc2)ncc2ccccc12. The van der Waals surface area contributed by atoms with Gasteiger partial charge in [-0.05, 0) is 23.8 Å². The third-order valence-electron chi connectivity index (χ3n) is 3.73. The zero-order valence-corrected chi connectivity index (χ0v) is 11.8. The molecule has 0 aliphatic heterocycles. The third kappa shape index (κ3) is 2.44. The second kappa shape index (κ2) is 5.87. The van der Waals surface area contributed by atoms with E-state index in [1.807, 2.05) is 6.20 Å². The maximum absolute atomic E-state index is 4.73. The Morgan fingerprint density at radius 3 is 2.45 bits per heavy atom. The number of rotatable bonds is 4. The average molecular weight is 261 g/mol. The van der Waals surface area contributed by atoms with Crippen LogP contribution in [-0.4, -0.2) is 4.98 Å². The third-order valence-corrected chi connectivity index (χ3v) is 3.73. The van der Waals surface area contributed by atoms with E-state index in [9.17, 15) is 0 Å². The molecule has 1 heterocycles. The van der Waals surface area contributed by atoms with Crippen LogP contribution in [0.15, 0.2) is 60.8 Å². The van der Waals surface area contributed by atoms with E-state index in [0.717, 1.165) is 12.1 Å². The number of aryl methyl sites for hydroxylation is 1. The molecule has 0 aliphatic rings. The fourth-order valence-electron chi connectivity index (χ4n) is 2.68. The molecule has 3 aromatic rings. The maximum Gasteiger partial charge on any atom is 0.0740 e. The van der Waals surface area contributed by atoms with E-state index in [2.05, 4.69) is 61.5 Å². The Labute approximate surface area is 120 Å². The van der Waals surface area contributed by atoms with Crippen LogP contribution >= 0.6 is 0 Å². The summed E-state index contributed by atoms with van der Waals surface area (Å²) in [6, 6.07) is 19.1. The molecule has 0 amide bonds. The van der Waals surface area contributed by atoms with E-state index < -0.39 is 0 Å². The number of pyridine rings is 1. The van der Waals surface area contributed by atoms with E-state index in [0.29, 0.717) is 0 Å². The lowest BCUT2D eigenvalue weighted by molar-refractivity contribution is 0.798. The molecule has 1 aromatic heterocycles. The van der Waals surface area contributed by atoms with Gasteiger partial charge in [0.25, 0.3) is 0 Å². The molecule has 3 rings (SSSR count). The van der Waals surface area contributed by atoms with Gasteiger partial charge in [-0.25, -0.2) is 0 Å². The van der Waals surface area contributed by atoms with E-state index in [1.54, 1.807) is 0 Å². The highest BCUT2D eigenvalue weighted by Crippen LogP contribution is 2.29. The molecule has 0 unspecified atom stereocenters. The van der Waals surface area contributed by atoms with Crippen molar-refractivity contribution in [1.82, 2.24) is 4.98 Å². The molecule has 0 N–H and O–H groups in total. The van der Waals surface area contributed by atoms with Crippen molar-refractivity contribution >= 4 is 10.8 Å². The first-order valence-electron chi connectivity index (χ1n) is 7.32. The second-order valence-electron chi connectivity index (χ2n) is 5.14. The quantitative estimate of drug-likeness (QED) is 0.625. The van der Waals surface area contributed by atoms with Gasteiger partial charge >= 0.3 is 0 Å². The van der Waals surface area contributed by atoms with Crippen LogP contribution in [0.25, 0.3) is 22.0 Å². The summed E-state index contributed by atoms with van der Waals surface area (Å²) < 4.78 is 0. The lowest BCUT2D eigenvalue weighted by Gasteiger charge is -2.12. The first-order valence-corrected chi connectivity index (χ1v) is 7.32. The fraction of sp³-hybridized carbons (Fsp3) is 0.211. The molecule has 0 saturated carbocycles. The summed E-state index contributed by atoms with van der Waals surface area (Å²) in [7, 11) is 0. The minimum Gasteiger partial charge on any atom is -0.255 e. The van der Waals surface area contributed by atoms with Gasteiger partial charge in [-0.3, -0.25) is 4.98 Å². The van der Waals surface area contributed by atoms with Crippen molar-refractivity contribution in [2.75, 3.05) is 0 Å². The lowest BCUT2D eigenvalue weighted by Crippen LogP contribution is -1.95. The number of nitrogens with zero attached hydrogens (tertiary/aromatic N) is 1. The van der Waals surface area contributed by atoms with Gasteiger partial charge < -0.3 is 0 Å². The summed E-state index contributed by atoms with van der Waals surface area (Å²) in [5.41, 5.74) is 3.73. The normalized spacial score (nSPS) is 10.8. The van der Waals surface area contributed by atoms with Crippen LogP contribution < -0.4 is 0 Å². The predicted molar refractivity (Wildman–Crippen MR) is 85.8 cm³/mol. The van der Waals surface area contributed by atoms with Crippen molar-refractivity contribution in [3.63, 3.8) is 0 Å². The van der Waals surface area contributed by atoms with Gasteiger partial charge in [0.05, 0.1) is 5.69 Å². The Balaban J connectivity index is 2.20. The van der Waals surface area contributed by atoms with Crippen LogP contribution in [-0.2, 0) is 6.42 Å². The molecule has 20 heavy (non-hydrogen) atoms. The zero-order valence-electron chi connectivity index (χ0n) is 11.8. The molecule has 0 fully saturated rings. The number of hydrogen-bond acceptors (Lipinski definition) is 1. The highest BCUT2D eigenvalue weighted by atomic mass is 14.7. The number of fused-ring (bicyclic) bond motifs is 1. The van der Waals surface area contributed by atoms with Gasteiger partial charge in [0.2, 0.25) is 0 Å². The Morgan fingerprint density at radius 2 is 1.65 bits per heavy atom. The highest BCUT2D eigenvalue weighted by Gasteiger charge is 2.10. The Morgan fingerprint density at radius 1 is 0.900 bits per heavy atom. The predicted octanol–water partition coefficient (Wildman–Crippen LogP) is 5.24. The van der Waals surface area contributed by atoms with Crippen LogP contribution in [0, 0.1) is 0 Å². The molecular weight excluding hydrogens is 242 g/mol. The lowest BCUT2D eigenvalue weighted by atomic mass is 9.96. The molecule has 0 spiro atoms. The summed E-state index contributed by atoms with van der Waals surface area (Å²) in [6.45, 7) is 2.24. The molecule has 0 bridgehead atoms. The monoisotopic (exact) mass is 261 g/mol. The zero-order chi connectivity index (χ0) is 13.8. The molecule has 1 nitrogen and oxygen atoms in total. The summed E-state index contributed by atoms with van der Waals surface area (Å²) in [6.07, 6.45) is 5.50. The molecular formula is C19H19N. The molecule has 0 aliphatic carbocycles. The summed E-state index contributed by atoms with van der Waals surface area (Å²) >= 11 is 0. The van der Waals surface area contributed by atoms with Gasteiger partial charge in [0, 0.05) is 17.1 Å². The second-order valence-corrected chi connectivity index (χ2v) is 5.14. The minimum absolute atomic E-state index is 1.09. The number of unbranched alkanes of at least 4 members (excludes halogenated alkanes) is 1. The van der Waals surface area contributed by atoms with E-state index in [-0.39, 0.29) is 0 Å². The van der Waals surface area contributed by atoms with Gasteiger partial charge in [-0.15, -0.1) is 0 Å². The van der Waals surface area contributed by atoms with Crippen molar-refractivity contribution in [2.24, 2.45) is 0 Å². The molecule has 1 heteroatoms. The summed E-state index contributed by atoms with van der Waals surface area (Å²) in [5.74, 6) is 0. The van der Waals surface area contributed by atoms with E-state index >= 15 is 0 Å². The number of aromatic nitrogens is 1. The van der Waals surface area contributed by atoms with Gasteiger partial charge in [-0.1, -0.05) is 67.9 Å². The standard InChI is InChI=1S/C19H19N/c1-2-3-12-18-17-13-8-7-11-16(17)14-20-19(18)15-9-5-4-6-10-15/h4-11,13-14H,2-3,12H2,1H3. The smallest absolute Gasteiger partial charge is 0.0740 e. The van der Waals surface area contributed by atoms with Crippen LogP contribution in [0.4, 0.5) is 0 Å². The molecule has 2 aromatic carbocycles. The topological polar surface area (TPSA) is 12.9 Å². The Hall–Kier alpha value is -2.15. The maximum atomic E-state index is 4.73. The minimum atomic E-state index is 1.09. The summed E-state index contributed by atoms with van der Waals surface area (Å²) in [4.78, 5) is 4.73. The average Bonchev–Trinajstić information content (AvgIpc) is 2.53. The van der Waals surface area contributed by atoms with E-state index in [1.165, 1.54) is 34.7 Å². The molecule has 0 radical (unpaired) electrons. The Kier molecular flexibility index (Phi) is 3.78. The largest absolute Gasteiger partial charge is 0.255 e. The van der Waals surface area contributed by atoms with Crippen LogP contribution in [0.3, 0.4) is 0 Å². The van der Waals surface area contributed by atoms with E-state index in [4.69, 9.17) is 4.98 Å².